The Hall–Kier alpha value is -1.73. The molecule has 2 rings (SSSR count). The fraction of sp³-hybridized carbons (Fsp3) is 0.0769. The quantitative estimate of drug-likeness (QED) is 0.825. The van der Waals surface area contributed by atoms with Gasteiger partial charge in [0.1, 0.15) is 5.75 Å². The van der Waals surface area contributed by atoms with E-state index >= 15 is 0 Å². The second kappa shape index (κ2) is 5.72. The van der Waals surface area contributed by atoms with Crippen LogP contribution in [0.5, 0.6) is 5.75 Å². The summed E-state index contributed by atoms with van der Waals surface area (Å²) in [5.74, 6) is 0.435. The Morgan fingerprint density at radius 2 is 1.90 bits per heavy atom. The number of nitrogens with two attached hydrogens (primary N) is 1. The number of nitrogens with one attached hydrogen (secondary N) is 1. The van der Waals surface area contributed by atoms with Gasteiger partial charge in [-0.05, 0) is 46.3 Å². The second-order valence-corrected chi connectivity index (χ2v) is 6.53. The first kappa shape index (κ1) is 14.7. The molecule has 0 unspecified atom stereocenters. The smallest absolute Gasteiger partial charge is 0.262 e. The molecular weight excluding hydrogens is 344 g/mol. The number of benzene rings is 2. The summed E-state index contributed by atoms with van der Waals surface area (Å²) >= 11 is 3.29. The minimum absolute atomic E-state index is 0.0755. The van der Waals surface area contributed by atoms with E-state index in [1.165, 1.54) is 25.3 Å². The molecule has 0 aliphatic heterocycles. The molecule has 0 saturated heterocycles. The molecular formula is C13H13BrN2O3S. The van der Waals surface area contributed by atoms with Gasteiger partial charge in [-0.2, -0.15) is 0 Å². The predicted molar refractivity (Wildman–Crippen MR) is 82.4 cm³/mol. The van der Waals surface area contributed by atoms with Crippen LogP contribution in [-0.4, -0.2) is 15.5 Å². The number of hydrogen-bond donors (Lipinski definition) is 2. The minimum atomic E-state index is -3.70. The molecule has 0 spiro atoms. The summed E-state index contributed by atoms with van der Waals surface area (Å²) in [5, 5.41) is 0. The molecule has 0 aliphatic carbocycles. The number of ether oxygens (including phenoxy) is 1. The average molecular weight is 357 g/mol. The van der Waals surface area contributed by atoms with E-state index in [1.54, 1.807) is 24.3 Å². The molecule has 7 heteroatoms. The van der Waals surface area contributed by atoms with E-state index in [9.17, 15) is 8.42 Å². The van der Waals surface area contributed by atoms with Crippen molar-refractivity contribution in [3.63, 3.8) is 0 Å². The number of rotatable bonds is 4. The molecule has 0 heterocycles. The van der Waals surface area contributed by atoms with Crippen molar-refractivity contribution in [1.29, 1.82) is 0 Å². The Bertz CT molecular complexity index is 732. The zero-order chi connectivity index (χ0) is 14.8. The van der Waals surface area contributed by atoms with E-state index in [2.05, 4.69) is 20.7 Å². The van der Waals surface area contributed by atoms with Gasteiger partial charge in [-0.15, -0.1) is 0 Å². The third-order valence-electron chi connectivity index (χ3n) is 2.63. The third-order valence-corrected chi connectivity index (χ3v) is 4.68. The van der Waals surface area contributed by atoms with Gasteiger partial charge >= 0.3 is 0 Å². The maximum absolute atomic E-state index is 12.3. The fourth-order valence-corrected chi connectivity index (χ4v) is 3.26. The lowest BCUT2D eigenvalue weighted by Crippen LogP contribution is -2.13. The van der Waals surface area contributed by atoms with Crippen molar-refractivity contribution < 1.29 is 13.2 Å². The van der Waals surface area contributed by atoms with E-state index in [0.29, 0.717) is 15.9 Å². The summed E-state index contributed by atoms with van der Waals surface area (Å²) < 4.78 is 32.7. The molecule has 20 heavy (non-hydrogen) atoms. The molecule has 0 atom stereocenters. The standard InChI is InChI=1S/C13H13BrN2O3S/c1-19-13-7-6-9(8-11(13)15)20(17,18)16-12-5-3-2-4-10(12)14/h2-8,16H,15H2,1H3. The van der Waals surface area contributed by atoms with Crippen LogP contribution < -0.4 is 15.2 Å². The summed E-state index contributed by atoms with van der Waals surface area (Å²) in [5.41, 5.74) is 6.45. The van der Waals surface area contributed by atoms with Gasteiger partial charge in [-0.3, -0.25) is 4.72 Å². The summed E-state index contributed by atoms with van der Waals surface area (Å²) in [6.45, 7) is 0. The topological polar surface area (TPSA) is 81.4 Å². The van der Waals surface area contributed by atoms with Crippen molar-refractivity contribution in [2.75, 3.05) is 17.6 Å². The monoisotopic (exact) mass is 356 g/mol. The van der Waals surface area contributed by atoms with Crippen LogP contribution in [0.1, 0.15) is 0 Å². The van der Waals surface area contributed by atoms with Crippen LogP contribution in [0, 0.1) is 0 Å². The summed E-state index contributed by atoms with van der Waals surface area (Å²) in [4.78, 5) is 0.0755. The Labute approximate surface area is 125 Å². The molecule has 0 aliphatic rings. The normalized spacial score (nSPS) is 11.1. The van der Waals surface area contributed by atoms with Gasteiger partial charge < -0.3 is 10.5 Å². The Morgan fingerprint density at radius 3 is 2.50 bits per heavy atom. The molecule has 2 aromatic carbocycles. The van der Waals surface area contributed by atoms with Gasteiger partial charge in [0.15, 0.2) is 0 Å². The number of nitrogen functional groups attached to an aromatic ring is 1. The van der Waals surface area contributed by atoms with Gasteiger partial charge in [-0.25, -0.2) is 8.42 Å². The van der Waals surface area contributed by atoms with Crippen molar-refractivity contribution in [2.45, 2.75) is 4.90 Å². The van der Waals surface area contributed by atoms with Crippen molar-refractivity contribution in [1.82, 2.24) is 0 Å². The van der Waals surface area contributed by atoms with Gasteiger partial charge in [-0.1, -0.05) is 12.1 Å². The number of anilines is 2. The molecule has 0 radical (unpaired) electrons. The second-order valence-electron chi connectivity index (χ2n) is 3.99. The van der Waals surface area contributed by atoms with Crippen LogP contribution in [-0.2, 0) is 10.0 Å². The highest BCUT2D eigenvalue weighted by molar-refractivity contribution is 9.10. The SMILES string of the molecule is COc1ccc(S(=O)(=O)Nc2ccccc2Br)cc1N. The average Bonchev–Trinajstić information content (AvgIpc) is 2.41. The van der Waals surface area contributed by atoms with Crippen LogP contribution in [0.3, 0.4) is 0 Å². The largest absolute Gasteiger partial charge is 0.495 e. The maximum atomic E-state index is 12.3. The first-order valence-electron chi connectivity index (χ1n) is 5.65. The lowest BCUT2D eigenvalue weighted by molar-refractivity contribution is 0.416. The minimum Gasteiger partial charge on any atom is -0.495 e. The van der Waals surface area contributed by atoms with Crippen molar-refractivity contribution in [2.24, 2.45) is 0 Å². The first-order valence-corrected chi connectivity index (χ1v) is 7.92. The summed E-state index contributed by atoms with van der Waals surface area (Å²) in [6, 6.07) is 11.3. The van der Waals surface area contributed by atoms with Gasteiger partial charge in [0.2, 0.25) is 0 Å². The molecule has 0 saturated carbocycles. The molecule has 106 valence electrons. The van der Waals surface area contributed by atoms with E-state index < -0.39 is 10.0 Å². The Kier molecular flexibility index (Phi) is 4.20. The number of hydrogen-bond acceptors (Lipinski definition) is 4. The Morgan fingerprint density at radius 1 is 1.20 bits per heavy atom. The van der Waals surface area contributed by atoms with Crippen LogP contribution in [0.25, 0.3) is 0 Å². The zero-order valence-electron chi connectivity index (χ0n) is 10.6. The van der Waals surface area contributed by atoms with Gasteiger partial charge in [0.25, 0.3) is 10.0 Å². The molecule has 0 fully saturated rings. The predicted octanol–water partition coefficient (Wildman–Crippen LogP) is 2.84. The van der Waals surface area contributed by atoms with Crippen LogP contribution >= 0.6 is 15.9 Å². The highest BCUT2D eigenvalue weighted by Crippen LogP contribution is 2.28. The highest BCUT2D eigenvalue weighted by atomic mass is 79.9. The lowest BCUT2D eigenvalue weighted by Gasteiger charge is -2.11. The van der Waals surface area contributed by atoms with Crippen molar-refractivity contribution in [3.05, 3.63) is 46.9 Å². The Balaban J connectivity index is 2.36. The van der Waals surface area contributed by atoms with Crippen LogP contribution in [0.15, 0.2) is 51.8 Å². The number of para-hydroxylation sites is 1. The third kappa shape index (κ3) is 3.05. The number of methoxy groups -OCH3 is 1. The van der Waals surface area contributed by atoms with E-state index in [-0.39, 0.29) is 10.6 Å². The van der Waals surface area contributed by atoms with Crippen LogP contribution in [0.4, 0.5) is 11.4 Å². The van der Waals surface area contributed by atoms with E-state index in [1.807, 2.05) is 0 Å². The molecule has 0 bridgehead atoms. The first-order chi connectivity index (χ1) is 9.44. The van der Waals surface area contributed by atoms with E-state index in [4.69, 9.17) is 10.5 Å². The zero-order valence-corrected chi connectivity index (χ0v) is 13.0. The fourth-order valence-electron chi connectivity index (χ4n) is 1.63. The van der Waals surface area contributed by atoms with Crippen molar-refractivity contribution in [3.8, 4) is 5.75 Å². The molecule has 3 N–H and O–H groups in total. The van der Waals surface area contributed by atoms with E-state index in [0.717, 1.165) is 0 Å². The number of sulfonamides is 1. The van der Waals surface area contributed by atoms with Gasteiger partial charge in [0.05, 0.1) is 23.4 Å². The van der Waals surface area contributed by atoms with Gasteiger partial charge in [0, 0.05) is 4.47 Å². The molecule has 0 amide bonds. The maximum Gasteiger partial charge on any atom is 0.262 e. The summed E-state index contributed by atoms with van der Waals surface area (Å²) in [7, 11) is -2.23. The number of halogens is 1. The van der Waals surface area contributed by atoms with Crippen molar-refractivity contribution >= 4 is 37.3 Å². The summed E-state index contributed by atoms with van der Waals surface area (Å²) in [6.07, 6.45) is 0. The van der Waals surface area contributed by atoms with Crippen LogP contribution in [0.2, 0.25) is 0 Å². The molecule has 2 aromatic rings. The molecule has 0 aromatic heterocycles. The lowest BCUT2D eigenvalue weighted by atomic mass is 10.3. The molecule has 5 nitrogen and oxygen atoms in total. The highest BCUT2D eigenvalue weighted by Gasteiger charge is 2.16.